The van der Waals surface area contributed by atoms with Crippen molar-refractivity contribution in [2.75, 3.05) is 5.75 Å². The van der Waals surface area contributed by atoms with Gasteiger partial charge < -0.3 is 0 Å². The van der Waals surface area contributed by atoms with Gasteiger partial charge in [-0.25, -0.2) is 8.42 Å². The van der Waals surface area contributed by atoms with Crippen LogP contribution in [0.2, 0.25) is 0 Å². The van der Waals surface area contributed by atoms with Crippen molar-refractivity contribution in [3.63, 3.8) is 0 Å². The molecule has 0 aliphatic carbocycles. The summed E-state index contributed by atoms with van der Waals surface area (Å²) in [6, 6.07) is 16.2. The molecule has 2 aromatic carbocycles. The summed E-state index contributed by atoms with van der Waals surface area (Å²) in [5.74, 6) is -0.263. The van der Waals surface area contributed by atoms with Crippen LogP contribution in [0.25, 0.3) is 0 Å². The Hall–Kier alpha value is -1.94. The number of ketones is 1. The van der Waals surface area contributed by atoms with Crippen LogP contribution in [0.5, 0.6) is 0 Å². The average Bonchev–Trinajstić information content (AvgIpc) is 2.48. The lowest BCUT2D eigenvalue weighted by atomic mass is 10.1. The van der Waals surface area contributed by atoms with Crippen LogP contribution < -0.4 is 0 Å². The van der Waals surface area contributed by atoms with Crippen molar-refractivity contribution < 1.29 is 13.2 Å². The number of carbonyl (C=O) groups is 1. The lowest BCUT2D eigenvalue weighted by molar-refractivity contribution is 0.0988. The molecule has 0 spiro atoms. The van der Waals surface area contributed by atoms with Crippen LogP contribution in [0.4, 0.5) is 0 Å². The Bertz CT molecular complexity index is 719. The van der Waals surface area contributed by atoms with Crippen molar-refractivity contribution >= 4 is 15.6 Å². The molecule has 4 heteroatoms. The van der Waals surface area contributed by atoms with E-state index in [0.29, 0.717) is 5.56 Å². The van der Waals surface area contributed by atoms with E-state index in [-0.39, 0.29) is 23.7 Å². The second kappa shape index (κ2) is 6.68. The van der Waals surface area contributed by atoms with Gasteiger partial charge in [-0.2, -0.15) is 0 Å². The number of aryl methyl sites for hydroxylation is 1. The molecular formula is C17H18O3S. The van der Waals surface area contributed by atoms with Gasteiger partial charge >= 0.3 is 0 Å². The highest BCUT2D eigenvalue weighted by molar-refractivity contribution is 7.90. The van der Waals surface area contributed by atoms with Crippen LogP contribution in [0.3, 0.4) is 0 Å². The molecule has 0 atom stereocenters. The summed E-state index contributed by atoms with van der Waals surface area (Å²) in [5, 5.41) is 0. The van der Waals surface area contributed by atoms with Crippen molar-refractivity contribution in [3.05, 3.63) is 71.3 Å². The molecule has 21 heavy (non-hydrogen) atoms. The van der Waals surface area contributed by atoms with E-state index in [1.165, 1.54) is 0 Å². The molecule has 0 N–H and O–H groups in total. The van der Waals surface area contributed by atoms with E-state index in [9.17, 15) is 13.2 Å². The first-order valence-electron chi connectivity index (χ1n) is 6.81. The van der Waals surface area contributed by atoms with Gasteiger partial charge in [-0.05, 0) is 18.1 Å². The Balaban J connectivity index is 1.99. The van der Waals surface area contributed by atoms with Crippen LogP contribution in [-0.4, -0.2) is 20.0 Å². The van der Waals surface area contributed by atoms with Crippen molar-refractivity contribution in [1.29, 1.82) is 0 Å². The summed E-state index contributed by atoms with van der Waals surface area (Å²) < 4.78 is 24.3. The van der Waals surface area contributed by atoms with E-state index in [1.54, 1.807) is 24.3 Å². The highest BCUT2D eigenvalue weighted by Crippen LogP contribution is 2.13. The summed E-state index contributed by atoms with van der Waals surface area (Å²) in [4.78, 5) is 11.9. The molecule has 0 bridgehead atoms. The predicted octanol–water partition coefficient (Wildman–Crippen LogP) is 3.18. The van der Waals surface area contributed by atoms with Crippen molar-refractivity contribution in [2.24, 2.45) is 0 Å². The fourth-order valence-electron chi connectivity index (χ4n) is 2.10. The van der Waals surface area contributed by atoms with E-state index in [0.717, 1.165) is 11.1 Å². The van der Waals surface area contributed by atoms with Gasteiger partial charge in [-0.3, -0.25) is 4.79 Å². The summed E-state index contributed by atoms with van der Waals surface area (Å²) in [5.41, 5.74) is 2.31. The summed E-state index contributed by atoms with van der Waals surface area (Å²) in [6.07, 6.45) is 0.0260. The van der Waals surface area contributed by atoms with Crippen molar-refractivity contribution in [3.8, 4) is 0 Å². The predicted molar refractivity (Wildman–Crippen MR) is 84.1 cm³/mol. The number of benzene rings is 2. The fourth-order valence-corrected chi connectivity index (χ4v) is 3.54. The Labute approximate surface area is 125 Å². The molecule has 0 amide bonds. The average molecular weight is 302 g/mol. The third-order valence-electron chi connectivity index (χ3n) is 3.37. The molecule has 0 heterocycles. The first-order valence-corrected chi connectivity index (χ1v) is 8.63. The maximum atomic E-state index is 12.1. The van der Waals surface area contributed by atoms with Crippen LogP contribution in [0, 0.1) is 6.92 Å². The fraction of sp³-hybridized carbons (Fsp3) is 0.235. The lowest BCUT2D eigenvalue weighted by Gasteiger charge is -2.07. The third-order valence-corrected chi connectivity index (χ3v) is 4.95. The van der Waals surface area contributed by atoms with Crippen LogP contribution in [-0.2, 0) is 15.6 Å². The van der Waals surface area contributed by atoms with Crippen LogP contribution >= 0.6 is 0 Å². The molecule has 2 aromatic rings. The molecular weight excluding hydrogens is 284 g/mol. The maximum absolute atomic E-state index is 12.1. The van der Waals surface area contributed by atoms with E-state index in [2.05, 4.69) is 0 Å². The number of hydrogen-bond acceptors (Lipinski definition) is 3. The minimum Gasteiger partial charge on any atom is -0.294 e. The first kappa shape index (κ1) is 15.4. The standard InChI is InChI=1S/C17H18O3S/c1-14-7-5-6-10-16(14)13-21(19,20)12-11-17(18)15-8-3-2-4-9-15/h2-10H,11-13H2,1H3. The van der Waals surface area contributed by atoms with Gasteiger partial charge in [-0.15, -0.1) is 0 Å². The highest BCUT2D eigenvalue weighted by atomic mass is 32.2. The molecule has 0 radical (unpaired) electrons. The molecule has 3 nitrogen and oxygen atoms in total. The number of hydrogen-bond donors (Lipinski definition) is 0. The van der Waals surface area contributed by atoms with Gasteiger partial charge in [0.1, 0.15) is 0 Å². The summed E-state index contributed by atoms with van der Waals surface area (Å²) in [7, 11) is -3.28. The number of rotatable bonds is 6. The Morgan fingerprint density at radius 3 is 2.24 bits per heavy atom. The highest BCUT2D eigenvalue weighted by Gasteiger charge is 2.16. The second-order valence-corrected chi connectivity index (χ2v) is 7.24. The zero-order chi connectivity index (χ0) is 15.3. The largest absolute Gasteiger partial charge is 0.294 e. The Morgan fingerprint density at radius 2 is 1.57 bits per heavy atom. The van der Waals surface area contributed by atoms with Gasteiger partial charge in [0, 0.05) is 12.0 Å². The van der Waals surface area contributed by atoms with E-state index in [4.69, 9.17) is 0 Å². The first-order chi connectivity index (χ1) is 9.98. The Morgan fingerprint density at radius 1 is 0.952 bits per heavy atom. The van der Waals surface area contributed by atoms with E-state index >= 15 is 0 Å². The topological polar surface area (TPSA) is 51.2 Å². The number of carbonyl (C=O) groups excluding carboxylic acids is 1. The Kier molecular flexibility index (Phi) is 4.91. The third kappa shape index (κ3) is 4.53. The van der Waals surface area contributed by atoms with Gasteiger partial charge in [0.15, 0.2) is 15.6 Å². The SMILES string of the molecule is Cc1ccccc1CS(=O)(=O)CCC(=O)c1ccccc1. The zero-order valence-corrected chi connectivity index (χ0v) is 12.8. The van der Waals surface area contributed by atoms with Crippen LogP contribution in [0.15, 0.2) is 54.6 Å². The molecule has 110 valence electrons. The van der Waals surface area contributed by atoms with Gasteiger partial charge in [-0.1, -0.05) is 54.6 Å². The van der Waals surface area contributed by atoms with Gasteiger partial charge in [0.2, 0.25) is 0 Å². The smallest absolute Gasteiger partial charge is 0.163 e. The number of Topliss-reactive ketones (excluding diaryl/α,β-unsaturated/α-hetero) is 1. The molecule has 2 rings (SSSR count). The molecule has 0 aliphatic heterocycles. The van der Waals surface area contributed by atoms with Crippen LogP contribution in [0.1, 0.15) is 27.9 Å². The number of sulfone groups is 1. The van der Waals surface area contributed by atoms with Gasteiger partial charge in [0.25, 0.3) is 0 Å². The quantitative estimate of drug-likeness (QED) is 0.770. The summed E-state index contributed by atoms with van der Waals surface area (Å²) in [6.45, 7) is 1.89. The molecule has 0 unspecified atom stereocenters. The van der Waals surface area contributed by atoms with Crippen molar-refractivity contribution in [2.45, 2.75) is 19.1 Å². The molecule has 0 aliphatic rings. The molecule has 0 aromatic heterocycles. The molecule has 0 saturated carbocycles. The van der Waals surface area contributed by atoms with E-state index < -0.39 is 9.84 Å². The minimum atomic E-state index is -3.28. The lowest BCUT2D eigenvalue weighted by Crippen LogP contribution is -2.14. The molecule has 0 saturated heterocycles. The van der Waals surface area contributed by atoms with Crippen molar-refractivity contribution in [1.82, 2.24) is 0 Å². The monoisotopic (exact) mass is 302 g/mol. The zero-order valence-electron chi connectivity index (χ0n) is 12.0. The second-order valence-electron chi connectivity index (χ2n) is 5.06. The van der Waals surface area contributed by atoms with Gasteiger partial charge in [0.05, 0.1) is 11.5 Å². The summed E-state index contributed by atoms with van der Waals surface area (Å²) >= 11 is 0. The minimum absolute atomic E-state index is 0.0122. The van der Waals surface area contributed by atoms with E-state index in [1.807, 2.05) is 37.3 Å². The maximum Gasteiger partial charge on any atom is 0.163 e. The normalized spacial score (nSPS) is 11.3. The molecule has 0 fully saturated rings.